The third-order valence-electron chi connectivity index (χ3n) is 8.39. The van der Waals surface area contributed by atoms with Gasteiger partial charge >= 0.3 is 11.1 Å². The molecule has 0 bridgehead atoms. The number of carbonyl (C=O) groups is 2. The van der Waals surface area contributed by atoms with Crippen LogP contribution in [0.25, 0.3) is 0 Å². The summed E-state index contributed by atoms with van der Waals surface area (Å²) >= 11 is 0. The lowest BCUT2D eigenvalue weighted by molar-refractivity contribution is -0.814. The predicted octanol–water partition coefficient (Wildman–Crippen LogP) is 2.16. The molecule has 0 aromatic heterocycles. The van der Waals surface area contributed by atoms with Crippen molar-refractivity contribution in [1.82, 2.24) is 10.4 Å². The van der Waals surface area contributed by atoms with Gasteiger partial charge in [0.25, 0.3) is 5.09 Å². The molecule has 0 spiro atoms. The summed E-state index contributed by atoms with van der Waals surface area (Å²) in [6, 6.07) is 1.43. The fourth-order valence-corrected chi connectivity index (χ4v) is 6.23. The van der Waals surface area contributed by atoms with Crippen LogP contribution in [0.4, 0.5) is 0 Å². The van der Waals surface area contributed by atoms with E-state index in [1.54, 1.807) is 19.9 Å². The molecular weight excluding hydrogens is 568 g/mol. The van der Waals surface area contributed by atoms with E-state index >= 15 is 0 Å². The minimum absolute atomic E-state index is 0.111. The van der Waals surface area contributed by atoms with Crippen LogP contribution in [0.5, 0.6) is 0 Å². The van der Waals surface area contributed by atoms with Crippen LogP contribution in [0, 0.1) is 25.1 Å². The van der Waals surface area contributed by atoms with Gasteiger partial charge in [-0.05, 0) is 63.2 Å². The highest BCUT2D eigenvalue weighted by Crippen LogP contribution is 2.46. The number of ketones is 1. The Morgan fingerprint density at radius 3 is 2.35 bits per heavy atom. The minimum atomic E-state index is -1.68. The average molecular weight is 610 g/mol. The summed E-state index contributed by atoms with van der Waals surface area (Å²) < 4.78 is 1.02. The summed E-state index contributed by atoms with van der Waals surface area (Å²) in [6.45, 7) is 7.96. The van der Waals surface area contributed by atoms with Crippen molar-refractivity contribution in [1.29, 1.82) is 0 Å². The first kappa shape index (κ1) is 33.7. The van der Waals surface area contributed by atoms with Crippen LogP contribution in [0.3, 0.4) is 0 Å². The number of nitrogens with two attached hydrogens (primary N) is 1. The van der Waals surface area contributed by atoms with Crippen LogP contribution in [-0.4, -0.2) is 74.2 Å². The van der Waals surface area contributed by atoms with E-state index in [0.29, 0.717) is 36.4 Å². The first-order chi connectivity index (χ1) is 20.1. The van der Waals surface area contributed by atoms with E-state index in [0.717, 1.165) is 15.9 Å². The Hall–Kier alpha value is -3.76. The molecule has 0 amide bonds. The monoisotopic (exact) mass is 609 g/mol. The molecule has 238 valence electrons. The summed E-state index contributed by atoms with van der Waals surface area (Å²) in [7, 11) is 0. The van der Waals surface area contributed by atoms with Gasteiger partial charge in [-0.1, -0.05) is 18.6 Å². The van der Waals surface area contributed by atoms with Crippen molar-refractivity contribution in [2.75, 3.05) is 13.1 Å². The van der Waals surface area contributed by atoms with Gasteiger partial charge in [-0.3, -0.25) is 9.59 Å². The van der Waals surface area contributed by atoms with E-state index < -0.39 is 57.2 Å². The van der Waals surface area contributed by atoms with Gasteiger partial charge in [0.1, 0.15) is 6.04 Å². The summed E-state index contributed by atoms with van der Waals surface area (Å²) in [6.07, 6.45) is -0.167. The molecule has 4 atom stereocenters. The van der Waals surface area contributed by atoms with E-state index in [1.807, 2.05) is 26.0 Å². The van der Waals surface area contributed by atoms with E-state index in [4.69, 9.17) is 15.5 Å². The number of nitrogens with one attached hydrogen (secondary N) is 1. The zero-order chi connectivity index (χ0) is 32.1. The number of rotatable bonds is 17. The van der Waals surface area contributed by atoms with E-state index in [2.05, 4.69) is 5.32 Å². The topological polar surface area (TPSA) is 220 Å². The second kappa shape index (κ2) is 13.7. The number of hydroxylamine groups is 2. The normalized spacial score (nSPS) is 20.7. The molecule has 43 heavy (non-hydrogen) atoms. The van der Waals surface area contributed by atoms with Crippen LogP contribution in [0.15, 0.2) is 18.2 Å². The summed E-state index contributed by atoms with van der Waals surface area (Å²) in [5.74, 6) is -2.39. The van der Waals surface area contributed by atoms with Crippen molar-refractivity contribution >= 4 is 11.8 Å². The Labute approximate surface area is 248 Å². The number of benzene rings is 1. The number of hydrogen-bond donors (Lipinski definition) is 3. The number of unbranched alkanes of at least 4 members (excludes halogenated alkanes) is 1. The average Bonchev–Trinajstić information content (AvgIpc) is 3.50. The molecule has 0 aliphatic carbocycles. The standard InChI is InChI=1S/C27H40N6O10/c1-26(2)18-12-10-17(16-19(18)27(3,4)31(26)37)11-13-22(25(35)36)30(43-33(40)41)21(9-5-6-14-28)23(34)24(42-32(38)39)20-8-7-15-29-20/h10,12,16,20-22,24,29H,5-9,11,13-15,28H2,1-4H3/p+1/t20?,21-,22-,24?/m0/s1. The number of aliphatic carboxylic acids is 1. The van der Waals surface area contributed by atoms with Gasteiger partial charge in [-0.25, -0.2) is 4.94 Å². The van der Waals surface area contributed by atoms with Crippen LogP contribution in [0.1, 0.15) is 82.9 Å². The maximum atomic E-state index is 13.8. The second-order valence-electron chi connectivity index (χ2n) is 12.0. The molecule has 0 radical (unpaired) electrons. The number of hydrogen-bond acceptors (Lipinski definition) is 12. The van der Waals surface area contributed by atoms with Crippen molar-refractivity contribution in [3.05, 3.63) is 60.0 Å². The molecule has 3 rings (SSSR count). The van der Waals surface area contributed by atoms with Crippen molar-refractivity contribution in [2.24, 2.45) is 5.73 Å². The Kier molecular flexibility index (Phi) is 10.7. The number of fused-ring (bicyclic) bond motifs is 1. The third-order valence-corrected chi connectivity index (χ3v) is 8.39. The Bertz CT molecular complexity index is 1230. The van der Waals surface area contributed by atoms with Crippen LogP contribution >= 0.6 is 0 Å². The lowest BCUT2D eigenvalue weighted by atomic mass is 9.88. The zero-order valence-electron chi connectivity index (χ0n) is 24.9. The molecule has 1 saturated heterocycles. The number of Topliss-reactive ketones (excluding diaryl/α,β-unsaturated/α-hetero) is 1. The largest absolute Gasteiger partial charge is 0.480 e. The number of carboxylic acids is 1. The number of nitroso groups, excluding NO2 is 1. The van der Waals surface area contributed by atoms with E-state index in [9.17, 15) is 39.8 Å². The van der Waals surface area contributed by atoms with Crippen LogP contribution in [-0.2, 0) is 36.9 Å². The molecule has 2 unspecified atom stereocenters. The highest BCUT2D eigenvalue weighted by molar-refractivity contribution is 5.89. The lowest BCUT2D eigenvalue weighted by Crippen LogP contribution is -2.57. The van der Waals surface area contributed by atoms with Crippen molar-refractivity contribution in [3.8, 4) is 0 Å². The van der Waals surface area contributed by atoms with Gasteiger partial charge in [0, 0.05) is 54.5 Å². The molecule has 4 N–H and O–H groups in total. The van der Waals surface area contributed by atoms with Gasteiger partial charge in [-0.15, -0.1) is 25.3 Å². The molecule has 2 aliphatic rings. The van der Waals surface area contributed by atoms with E-state index in [-0.39, 0.29) is 32.2 Å². The zero-order valence-corrected chi connectivity index (χ0v) is 24.9. The molecule has 16 heteroatoms. The predicted molar refractivity (Wildman–Crippen MR) is 150 cm³/mol. The molecule has 1 fully saturated rings. The molecule has 2 heterocycles. The Morgan fingerprint density at radius 2 is 1.79 bits per heavy atom. The molecule has 1 aromatic rings. The maximum Gasteiger partial charge on any atom is 0.323 e. The molecular formula is C27H41N6O10+. The summed E-state index contributed by atoms with van der Waals surface area (Å²) in [4.78, 5) is 71.8. The van der Waals surface area contributed by atoms with Crippen LogP contribution < -0.4 is 11.1 Å². The number of aryl methyl sites for hydroxylation is 1. The molecule has 0 saturated carbocycles. The van der Waals surface area contributed by atoms with Crippen molar-refractivity contribution in [2.45, 2.75) is 108 Å². The Morgan fingerprint density at radius 1 is 1.12 bits per heavy atom. The number of carboxylic acid groups (broad SMARTS) is 1. The first-order valence-electron chi connectivity index (χ1n) is 14.4. The Balaban J connectivity index is 1.96. The van der Waals surface area contributed by atoms with Gasteiger partial charge in [0.15, 0.2) is 11.9 Å². The van der Waals surface area contributed by atoms with Crippen LogP contribution in [0.2, 0.25) is 0 Å². The molecule has 16 nitrogen and oxygen atoms in total. The second-order valence-corrected chi connectivity index (χ2v) is 12.0. The van der Waals surface area contributed by atoms with E-state index in [1.165, 1.54) is 0 Å². The van der Waals surface area contributed by atoms with Crippen molar-refractivity contribution in [3.63, 3.8) is 0 Å². The quantitative estimate of drug-likeness (QED) is 0.0998. The number of nitrogens with zero attached hydrogens (tertiary/aromatic N) is 4. The third kappa shape index (κ3) is 7.43. The fraction of sp³-hybridized carbons (Fsp3) is 0.704. The van der Waals surface area contributed by atoms with Crippen molar-refractivity contribution < 1.29 is 39.4 Å². The van der Waals surface area contributed by atoms with Gasteiger partial charge < -0.3 is 21.0 Å². The van der Waals surface area contributed by atoms with Gasteiger partial charge in [-0.2, -0.15) is 0 Å². The first-order valence-corrected chi connectivity index (χ1v) is 14.4. The molecule has 2 aliphatic heterocycles. The minimum Gasteiger partial charge on any atom is -0.480 e. The van der Waals surface area contributed by atoms with Gasteiger partial charge in [0.05, 0.1) is 6.04 Å². The fourth-order valence-electron chi connectivity index (χ4n) is 6.23. The molecule has 1 aromatic carbocycles. The lowest BCUT2D eigenvalue weighted by Gasteiger charge is -2.34. The maximum absolute atomic E-state index is 13.8. The summed E-state index contributed by atoms with van der Waals surface area (Å²) in [5.41, 5.74) is 6.29. The smallest absolute Gasteiger partial charge is 0.323 e. The highest BCUT2D eigenvalue weighted by Gasteiger charge is 2.58. The number of carbonyl (C=O) groups excluding carboxylic acids is 1. The summed E-state index contributed by atoms with van der Waals surface area (Å²) in [5, 5.41) is 34.3. The van der Waals surface area contributed by atoms with Gasteiger partial charge in [0.2, 0.25) is 11.1 Å². The SMILES string of the molecule is CC1(C)c2ccc(CC[C@@H](C(=O)O)N(O[N+](=O)[O-])[C@@H](CCCCN)C(=O)C(O[N+](=O)[O-])C3CCCN3)cc2C(C)(C)[N+]1=O. The highest BCUT2D eigenvalue weighted by atomic mass is 17.0.